The summed E-state index contributed by atoms with van der Waals surface area (Å²) in [7, 11) is 3.01. The van der Waals surface area contributed by atoms with Crippen molar-refractivity contribution in [3.8, 4) is 11.5 Å². The number of ether oxygens (including phenoxy) is 2. The van der Waals surface area contributed by atoms with Gasteiger partial charge in [-0.25, -0.2) is 4.79 Å². The Hall–Kier alpha value is -4.33. The molecule has 0 bridgehead atoms. The normalized spacial score (nSPS) is 17.3. The van der Waals surface area contributed by atoms with E-state index < -0.39 is 29.9 Å². The van der Waals surface area contributed by atoms with E-state index in [1.54, 1.807) is 30.3 Å². The number of rotatable bonds is 8. The first-order valence-electron chi connectivity index (χ1n) is 10.7. The van der Waals surface area contributed by atoms with E-state index in [0.717, 1.165) is 10.5 Å². The summed E-state index contributed by atoms with van der Waals surface area (Å²) in [6.07, 6.45) is 0.260. The summed E-state index contributed by atoms with van der Waals surface area (Å²) in [5.74, 6) is -0.0290. The predicted molar refractivity (Wildman–Crippen MR) is 127 cm³/mol. The summed E-state index contributed by atoms with van der Waals surface area (Å²) in [6, 6.07) is 22.8. The maximum absolute atomic E-state index is 13.6. The molecule has 4 amide bonds. The number of methoxy groups -OCH3 is 2. The number of benzene rings is 3. The van der Waals surface area contributed by atoms with Crippen molar-refractivity contribution >= 4 is 23.5 Å². The van der Waals surface area contributed by atoms with E-state index >= 15 is 0 Å². The predicted octanol–water partition coefficient (Wildman–Crippen LogP) is 3.33. The van der Waals surface area contributed by atoms with E-state index in [1.165, 1.54) is 14.2 Å². The minimum Gasteiger partial charge on any atom is -0.493 e. The average molecular weight is 460 g/mol. The number of nitrogens with zero attached hydrogens (tertiary/aromatic N) is 1. The number of nitrogens with one attached hydrogen (secondary N) is 2. The highest BCUT2D eigenvalue weighted by Crippen LogP contribution is 2.33. The molecule has 3 aromatic rings. The molecule has 1 atom stereocenters. The fourth-order valence-electron chi connectivity index (χ4n) is 4.07. The van der Waals surface area contributed by atoms with Crippen molar-refractivity contribution < 1.29 is 23.9 Å². The van der Waals surface area contributed by atoms with Crippen molar-refractivity contribution in [1.82, 2.24) is 10.2 Å². The Labute approximate surface area is 197 Å². The number of imide groups is 1. The molecule has 0 aliphatic carbocycles. The van der Waals surface area contributed by atoms with Crippen LogP contribution in [0.2, 0.25) is 0 Å². The van der Waals surface area contributed by atoms with Crippen LogP contribution in [0.5, 0.6) is 11.5 Å². The van der Waals surface area contributed by atoms with Gasteiger partial charge in [0.25, 0.3) is 5.91 Å². The summed E-state index contributed by atoms with van der Waals surface area (Å²) in [5, 5.41) is 5.56. The first-order chi connectivity index (χ1) is 16.5. The van der Waals surface area contributed by atoms with Gasteiger partial charge in [-0.3, -0.25) is 14.5 Å². The third-order valence-corrected chi connectivity index (χ3v) is 5.72. The highest BCUT2D eigenvalue weighted by atomic mass is 16.5. The van der Waals surface area contributed by atoms with Gasteiger partial charge in [0.15, 0.2) is 17.0 Å². The number of hydrogen-bond acceptors (Lipinski definition) is 5. The first kappa shape index (κ1) is 22.8. The number of amides is 4. The molecule has 0 aromatic heterocycles. The summed E-state index contributed by atoms with van der Waals surface area (Å²) in [6.45, 7) is -0.428. The number of anilines is 1. The minimum atomic E-state index is -1.30. The average Bonchev–Trinajstić information content (AvgIpc) is 3.10. The first-order valence-corrected chi connectivity index (χ1v) is 10.7. The second kappa shape index (κ2) is 9.66. The summed E-state index contributed by atoms with van der Waals surface area (Å²) < 4.78 is 10.5. The molecule has 0 radical (unpaired) electrons. The number of carbonyl (C=O) groups excluding carboxylic acids is 3. The molecular formula is C26H25N3O5. The van der Waals surface area contributed by atoms with E-state index in [4.69, 9.17) is 9.47 Å². The Bertz CT molecular complexity index is 1200. The van der Waals surface area contributed by atoms with Crippen molar-refractivity contribution in [1.29, 1.82) is 0 Å². The summed E-state index contributed by atoms with van der Waals surface area (Å²) in [5.41, 5.74) is 0.688. The second-order valence-electron chi connectivity index (χ2n) is 7.87. The Morgan fingerprint density at radius 2 is 1.56 bits per heavy atom. The van der Waals surface area contributed by atoms with E-state index in [2.05, 4.69) is 10.6 Å². The molecule has 0 spiro atoms. The lowest BCUT2D eigenvalue weighted by atomic mass is 9.83. The van der Waals surface area contributed by atoms with Gasteiger partial charge in [-0.2, -0.15) is 0 Å². The van der Waals surface area contributed by atoms with E-state index in [9.17, 15) is 14.4 Å². The third kappa shape index (κ3) is 4.43. The largest absolute Gasteiger partial charge is 0.493 e. The summed E-state index contributed by atoms with van der Waals surface area (Å²) in [4.78, 5) is 40.3. The lowest BCUT2D eigenvalue weighted by molar-refractivity contribution is -0.134. The van der Waals surface area contributed by atoms with Crippen LogP contribution in [0.25, 0.3) is 0 Å². The van der Waals surface area contributed by atoms with Crippen LogP contribution in [0, 0.1) is 0 Å². The van der Waals surface area contributed by atoms with Crippen LogP contribution in [0.15, 0.2) is 78.9 Å². The fourth-order valence-corrected chi connectivity index (χ4v) is 4.07. The standard InChI is InChI=1S/C26H25N3O5/c1-33-21-14-13-20(15-22(21)34-2)27-23(30)17-29-24(31)26(28-25(29)32,19-11-7-4-8-12-19)16-18-9-5-3-6-10-18/h3-15H,16-17H2,1-2H3,(H,27,30)(H,28,32)/t26-/m0/s1. The van der Waals surface area contributed by atoms with Gasteiger partial charge in [-0.05, 0) is 23.3 Å². The second-order valence-corrected chi connectivity index (χ2v) is 7.87. The molecule has 1 saturated heterocycles. The molecule has 8 heteroatoms. The van der Waals surface area contributed by atoms with Crippen LogP contribution >= 0.6 is 0 Å². The zero-order valence-corrected chi connectivity index (χ0v) is 18.9. The maximum atomic E-state index is 13.6. The van der Waals surface area contributed by atoms with Gasteiger partial charge in [0.2, 0.25) is 5.91 Å². The van der Waals surface area contributed by atoms with Crippen molar-refractivity contribution in [2.45, 2.75) is 12.0 Å². The van der Waals surface area contributed by atoms with Crippen LogP contribution in [0.1, 0.15) is 11.1 Å². The molecule has 0 saturated carbocycles. The van der Waals surface area contributed by atoms with E-state index in [1.807, 2.05) is 48.5 Å². The van der Waals surface area contributed by atoms with Crippen LogP contribution in [0.3, 0.4) is 0 Å². The Balaban J connectivity index is 1.57. The number of urea groups is 1. The molecule has 1 heterocycles. The van der Waals surface area contributed by atoms with Crippen LogP contribution < -0.4 is 20.1 Å². The van der Waals surface area contributed by atoms with Crippen molar-refractivity contribution in [2.75, 3.05) is 26.1 Å². The molecule has 0 unspecified atom stereocenters. The molecule has 1 fully saturated rings. The zero-order chi connectivity index (χ0) is 24.1. The van der Waals surface area contributed by atoms with Gasteiger partial charge in [0, 0.05) is 18.2 Å². The van der Waals surface area contributed by atoms with Gasteiger partial charge in [-0.1, -0.05) is 60.7 Å². The Morgan fingerprint density at radius 1 is 0.912 bits per heavy atom. The molecule has 1 aliphatic heterocycles. The van der Waals surface area contributed by atoms with Crippen molar-refractivity contribution in [3.05, 3.63) is 90.0 Å². The van der Waals surface area contributed by atoms with Gasteiger partial charge < -0.3 is 20.1 Å². The quantitative estimate of drug-likeness (QED) is 0.504. The smallest absolute Gasteiger partial charge is 0.325 e. The molecule has 2 N–H and O–H groups in total. The van der Waals surface area contributed by atoms with Gasteiger partial charge in [0.05, 0.1) is 14.2 Å². The van der Waals surface area contributed by atoms with E-state index in [0.29, 0.717) is 22.7 Å². The fraction of sp³-hybridized carbons (Fsp3) is 0.192. The van der Waals surface area contributed by atoms with Crippen LogP contribution in [-0.4, -0.2) is 43.5 Å². The number of hydrogen-bond donors (Lipinski definition) is 2. The Kier molecular flexibility index (Phi) is 6.49. The number of carbonyl (C=O) groups is 3. The lowest BCUT2D eigenvalue weighted by Crippen LogP contribution is -2.46. The molecule has 1 aliphatic rings. The minimum absolute atomic E-state index is 0.260. The van der Waals surface area contributed by atoms with E-state index in [-0.39, 0.29) is 6.42 Å². The molecular weight excluding hydrogens is 434 g/mol. The Morgan fingerprint density at radius 3 is 2.21 bits per heavy atom. The molecule has 4 rings (SSSR count). The lowest BCUT2D eigenvalue weighted by Gasteiger charge is -2.27. The van der Waals surface area contributed by atoms with Gasteiger partial charge in [0.1, 0.15) is 6.54 Å². The van der Waals surface area contributed by atoms with Crippen molar-refractivity contribution in [3.63, 3.8) is 0 Å². The molecule has 34 heavy (non-hydrogen) atoms. The third-order valence-electron chi connectivity index (χ3n) is 5.72. The molecule has 3 aromatic carbocycles. The van der Waals surface area contributed by atoms with Crippen molar-refractivity contribution in [2.24, 2.45) is 0 Å². The van der Waals surface area contributed by atoms with Gasteiger partial charge >= 0.3 is 6.03 Å². The SMILES string of the molecule is COc1ccc(NC(=O)CN2C(=O)N[C@@](Cc3ccccc3)(c3ccccc3)C2=O)cc1OC. The molecule has 174 valence electrons. The zero-order valence-electron chi connectivity index (χ0n) is 18.9. The highest BCUT2D eigenvalue weighted by molar-refractivity contribution is 6.10. The van der Waals surface area contributed by atoms with Crippen LogP contribution in [0.4, 0.5) is 10.5 Å². The summed E-state index contributed by atoms with van der Waals surface area (Å²) >= 11 is 0. The highest BCUT2D eigenvalue weighted by Gasteiger charge is 2.52. The van der Waals surface area contributed by atoms with Crippen LogP contribution in [-0.2, 0) is 21.5 Å². The molecule has 8 nitrogen and oxygen atoms in total. The van der Waals surface area contributed by atoms with Gasteiger partial charge in [-0.15, -0.1) is 0 Å². The maximum Gasteiger partial charge on any atom is 0.325 e. The topological polar surface area (TPSA) is 97.0 Å². The monoisotopic (exact) mass is 459 g/mol.